The molecule has 1 fully saturated rings. The van der Waals surface area contributed by atoms with Gasteiger partial charge in [0, 0.05) is 38.0 Å². The first-order valence-electron chi connectivity index (χ1n) is 5.68. The van der Waals surface area contributed by atoms with Crippen molar-refractivity contribution in [2.75, 3.05) is 19.6 Å². The van der Waals surface area contributed by atoms with E-state index in [4.69, 9.17) is 5.11 Å². The van der Waals surface area contributed by atoms with Crippen molar-refractivity contribution in [3.05, 3.63) is 11.6 Å². The van der Waals surface area contributed by atoms with E-state index in [2.05, 4.69) is 4.90 Å². The zero-order valence-corrected chi connectivity index (χ0v) is 9.90. The average molecular weight is 225 g/mol. The van der Waals surface area contributed by atoms with Crippen LogP contribution in [0.25, 0.3) is 0 Å². The number of piperidine rings is 1. The normalized spacial score (nSPS) is 23.5. The second kappa shape index (κ2) is 5.80. The number of likely N-dealkylation sites (tertiary alicyclic amines) is 1. The summed E-state index contributed by atoms with van der Waals surface area (Å²) in [6.45, 7) is 5.99. The average Bonchev–Trinajstić information content (AvgIpc) is 2.19. The molecule has 1 rings (SSSR count). The lowest BCUT2D eigenvalue weighted by molar-refractivity contribution is -0.131. The van der Waals surface area contributed by atoms with Gasteiger partial charge in [0.2, 0.25) is 0 Å². The number of carbonyl (C=O) groups is 2. The minimum atomic E-state index is -0.905. The van der Waals surface area contributed by atoms with E-state index in [0.717, 1.165) is 25.1 Å². The number of aliphatic carboxylic acids is 1. The van der Waals surface area contributed by atoms with Gasteiger partial charge < -0.3 is 5.11 Å². The summed E-state index contributed by atoms with van der Waals surface area (Å²) in [6, 6.07) is 0. The van der Waals surface area contributed by atoms with Crippen LogP contribution in [0, 0.1) is 5.92 Å². The molecule has 1 unspecified atom stereocenters. The van der Waals surface area contributed by atoms with Crippen LogP contribution in [0.2, 0.25) is 0 Å². The van der Waals surface area contributed by atoms with E-state index in [1.54, 1.807) is 0 Å². The summed E-state index contributed by atoms with van der Waals surface area (Å²) >= 11 is 0. The summed E-state index contributed by atoms with van der Waals surface area (Å²) in [5, 5.41) is 8.60. The maximum absolute atomic E-state index is 11.5. The number of nitrogens with zero attached hydrogens (tertiary/aromatic N) is 1. The van der Waals surface area contributed by atoms with Crippen molar-refractivity contribution in [3.8, 4) is 0 Å². The van der Waals surface area contributed by atoms with Gasteiger partial charge in [-0.1, -0.05) is 12.5 Å². The molecular formula is C12H19NO3. The molecule has 1 aliphatic heterocycles. The van der Waals surface area contributed by atoms with Gasteiger partial charge in [0.15, 0.2) is 0 Å². The zero-order chi connectivity index (χ0) is 12.1. The first kappa shape index (κ1) is 12.9. The fourth-order valence-electron chi connectivity index (χ4n) is 2.09. The maximum Gasteiger partial charge on any atom is 0.328 e. The molecule has 4 nitrogen and oxygen atoms in total. The number of hydrogen-bond donors (Lipinski definition) is 1. The van der Waals surface area contributed by atoms with Crippen molar-refractivity contribution in [2.24, 2.45) is 5.92 Å². The molecule has 16 heavy (non-hydrogen) atoms. The standard InChI is InChI=1S/C12H19NO3/c1-3-10-8-13(5-4-11(10)14)7-9(2)6-12(15)16/h6,10H,3-5,7-8H2,1-2H3,(H,15,16). The number of carbonyl (C=O) groups excluding carboxylic acids is 1. The maximum atomic E-state index is 11.5. The molecule has 0 radical (unpaired) electrons. The highest BCUT2D eigenvalue weighted by molar-refractivity contribution is 5.82. The number of hydrogen-bond acceptors (Lipinski definition) is 3. The highest BCUT2D eigenvalue weighted by Gasteiger charge is 2.25. The van der Waals surface area contributed by atoms with E-state index in [1.807, 2.05) is 13.8 Å². The van der Waals surface area contributed by atoms with Gasteiger partial charge in [0.05, 0.1) is 0 Å². The molecule has 0 aromatic rings. The third-order valence-corrected chi connectivity index (χ3v) is 2.94. The topological polar surface area (TPSA) is 57.6 Å². The summed E-state index contributed by atoms with van der Waals surface area (Å²) < 4.78 is 0. The van der Waals surface area contributed by atoms with E-state index >= 15 is 0 Å². The van der Waals surface area contributed by atoms with Crippen molar-refractivity contribution in [3.63, 3.8) is 0 Å². The largest absolute Gasteiger partial charge is 0.478 e. The molecule has 1 atom stereocenters. The summed E-state index contributed by atoms with van der Waals surface area (Å²) in [5.41, 5.74) is 0.830. The van der Waals surface area contributed by atoms with E-state index in [-0.39, 0.29) is 5.92 Å². The minimum Gasteiger partial charge on any atom is -0.478 e. The summed E-state index contributed by atoms with van der Waals surface area (Å²) in [5.74, 6) is -0.428. The Morgan fingerprint density at radius 2 is 2.31 bits per heavy atom. The Morgan fingerprint density at radius 1 is 1.62 bits per heavy atom. The van der Waals surface area contributed by atoms with Crippen LogP contribution < -0.4 is 0 Å². The monoisotopic (exact) mass is 225 g/mol. The lowest BCUT2D eigenvalue weighted by Gasteiger charge is -2.31. The lowest BCUT2D eigenvalue weighted by Crippen LogP contribution is -2.41. The molecule has 90 valence electrons. The van der Waals surface area contributed by atoms with Crippen molar-refractivity contribution in [1.82, 2.24) is 4.90 Å². The Balaban J connectivity index is 2.50. The second-order valence-electron chi connectivity index (χ2n) is 4.39. The molecule has 0 saturated carbocycles. The third kappa shape index (κ3) is 3.77. The predicted molar refractivity (Wildman–Crippen MR) is 61.2 cm³/mol. The molecule has 4 heteroatoms. The third-order valence-electron chi connectivity index (χ3n) is 2.94. The van der Waals surface area contributed by atoms with Gasteiger partial charge in [-0.3, -0.25) is 9.69 Å². The van der Waals surface area contributed by atoms with Crippen LogP contribution >= 0.6 is 0 Å². The molecular weight excluding hydrogens is 206 g/mol. The first-order chi connectivity index (χ1) is 7.52. The molecule has 1 N–H and O–H groups in total. The van der Waals surface area contributed by atoms with Crippen LogP contribution in [-0.2, 0) is 9.59 Å². The van der Waals surface area contributed by atoms with Crippen molar-refractivity contribution in [1.29, 1.82) is 0 Å². The Bertz CT molecular complexity index is 309. The molecule has 1 aliphatic rings. The molecule has 1 heterocycles. The second-order valence-corrected chi connectivity index (χ2v) is 4.39. The van der Waals surface area contributed by atoms with Gasteiger partial charge in [-0.25, -0.2) is 4.79 Å². The van der Waals surface area contributed by atoms with Crippen LogP contribution in [0.3, 0.4) is 0 Å². The number of ketones is 1. The number of carboxylic acids is 1. The molecule has 0 aliphatic carbocycles. The van der Waals surface area contributed by atoms with Crippen molar-refractivity contribution >= 4 is 11.8 Å². The van der Waals surface area contributed by atoms with Crippen LogP contribution in [0.4, 0.5) is 0 Å². The van der Waals surface area contributed by atoms with Gasteiger partial charge in [0.1, 0.15) is 5.78 Å². The molecule has 0 aromatic heterocycles. The molecule has 0 spiro atoms. The number of rotatable bonds is 4. The SMILES string of the molecule is CCC1CN(CC(C)=CC(=O)O)CCC1=O. The number of Topliss-reactive ketones (excluding diaryl/α,β-unsaturated/α-hetero) is 1. The predicted octanol–water partition coefficient (Wildman–Crippen LogP) is 1.32. The smallest absolute Gasteiger partial charge is 0.328 e. The fraction of sp³-hybridized carbons (Fsp3) is 0.667. The highest BCUT2D eigenvalue weighted by atomic mass is 16.4. The minimum absolute atomic E-state index is 0.131. The first-order valence-corrected chi connectivity index (χ1v) is 5.68. The summed E-state index contributed by atoms with van der Waals surface area (Å²) in [7, 11) is 0. The van der Waals surface area contributed by atoms with E-state index in [0.29, 0.717) is 18.7 Å². The van der Waals surface area contributed by atoms with Gasteiger partial charge in [0.25, 0.3) is 0 Å². The van der Waals surface area contributed by atoms with Gasteiger partial charge >= 0.3 is 5.97 Å². The molecule has 0 bridgehead atoms. The van der Waals surface area contributed by atoms with Crippen LogP contribution in [0.5, 0.6) is 0 Å². The summed E-state index contributed by atoms with van der Waals surface area (Å²) in [4.78, 5) is 24.1. The van der Waals surface area contributed by atoms with Crippen molar-refractivity contribution < 1.29 is 14.7 Å². The quantitative estimate of drug-likeness (QED) is 0.733. The Morgan fingerprint density at radius 3 is 2.88 bits per heavy atom. The number of carboxylic acid groups (broad SMARTS) is 1. The van der Waals surface area contributed by atoms with Gasteiger partial charge in [-0.15, -0.1) is 0 Å². The lowest BCUT2D eigenvalue weighted by atomic mass is 9.94. The Hall–Kier alpha value is -1.16. The van der Waals surface area contributed by atoms with Gasteiger partial charge in [-0.05, 0) is 13.3 Å². The highest BCUT2D eigenvalue weighted by Crippen LogP contribution is 2.16. The summed E-state index contributed by atoms with van der Waals surface area (Å²) in [6.07, 6.45) is 2.70. The molecule has 0 aromatic carbocycles. The van der Waals surface area contributed by atoms with Crippen LogP contribution in [0.1, 0.15) is 26.7 Å². The Labute approximate surface area is 95.9 Å². The molecule has 1 saturated heterocycles. The fourth-order valence-corrected chi connectivity index (χ4v) is 2.09. The van der Waals surface area contributed by atoms with E-state index < -0.39 is 5.97 Å². The Kier molecular flexibility index (Phi) is 4.68. The van der Waals surface area contributed by atoms with E-state index in [1.165, 1.54) is 6.08 Å². The van der Waals surface area contributed by atoms with Gasteiger partial charge in [-0.2, -0.15) is 0 Å². The molecule has 0 amide bonds. The van der Waals surface area contributed by atoms with Crippen LogP contribution in [0.15, 0.2) is 11.6 Å². The van der Waals surface area contributed by atoms with E-state index in [9.17, 15) is 9.59 Å². The van der Waals surface area contributed by atoms with Crippen LogP contribution in [-0.4, -0.2) is 41.4 Å². The van der Waals surface area contributed by atoms with Crippen molar-refractivity contribution in [2.45, 2.75) is 26.7 Å². The zero-order valence-electron chi connectivity index (χ0n) is 9.90.